The fourth-order valence-corrected chi connectivity index (χ4v) is 4.12. The van der Waals surface area contributed by atoms with E-state index in [0.717, 1.165) is 60.6 Å². The summed E-state index contributed by atoms with van der Waals surface area (Å²) in [6.07, 6.45) is 0.450. The van der Waals surface area contributed by atoms with Gasteiger partial charge in [-0.25, -0.2) is 4.79 Å². The molecule has 0 spiro atoms. The van der Waals surface area contributed by atoms with Crippen molar-refractivity contribution in [1.29, 1.82) is 0 Å². The predicted molar refractivity (Wildman–Crippen MR) is 131 cm³/mol. The Labute approximate surface area is 194 Å². The second kappa shape index (κ2) is 10.4. The van der Waals surface area contributed by atoms with Crippen molar-refractivity contribution in [2.24, 2.45) is 0 Å². The number of fused-ring (bicyclic) bond motifs is 1. The van der Waals surface area contributed by atoms with Gasteiger partial charge in [-0.1, -0.05) is 48.0 Å². The lowest BCUT2D eigenvalue weighted by Crippen LogP contribution is -2.50. The first-order valence-corrected chi connectivity index (χ1v) is 11.4. The molecule has 0 unspecified atom stereocenters. The number of carbonyl (C=O) groups excluding carboxylic acids is 2. The highest BCUT2D eigenvalue weighted by molar-refractivity contribution is 6.00. The summed E-state index contributed by atoms with van der Waals surface area (Å²) in [6.45, 7) is 8.34. The number of piperazine rings is 1. The van der Waals surface area contributed by atoms with Crippen LogP contribution < -0.4 is 10.6 Å². The number of carbonyl (C=O) groups is 2. The highest BCUT2D eigenvalue weighted by Gasteiger charge is 2.21. The number of benzene rings is 2. The zero-order valence-corrected chi connectivity index (χ0v) is 19.3. The molecule has 7 heteroatoms. The average molecular weight is 446 g/mol. The lowest BCUT2D eigenvalue weighted by Gasteiger charge is -2.34. The van der Waals surface area contributed by atoms with E-state index in [1.165, 1.54) is 5.56 Å². The molecule has 2 aromatic carbocycles. The standard InChI is InChI=1S/C26H31N5O2/c1-19-7-9-21(10-8-19)18-25(32)31-15-13-30(14-16-31)12-11-27-26(33)29-24-17-20(2)28-23-6-4-3-5-22(23)24/h3-10,17H,11-16,18H2,1-2H3,(H2,27,28,29,33). The molecule has 1 fully saturated rings. The smallest absolute Gasteiger partial charge is 0.319 e. The van der Waals surface area contributed by atoms with Crippen LogP contribution in [0.4, 0.5) is 10.5 Å². The Balaban J connectivity index is 1.19. The number of nitrogens with zero attached hydrogens (tertiary/aromatic N) is 3. The quantitative estimate of drug-likeness (QED) is 0.610. The summed E-state index contributed by atoms with van der Waals surface area (Å²) < 4.78 is 0. The van der Waals surface area contributed by atoms with Gasteiger partial charge in [0.2, 0.25) is 5.91 Å². The van der Waals surface area contributed by atoms with E-state index in [-0.39, 0.29) is 11.9 Å². The molecule has 1 saturated heterocycles. The third kappa shape index (κ3) is 6.08. The summed E-state index contributed by atoms with van der Waals surface area (Å²) in [5, 5.41) is 6.81. The van der Waals surface area contributed by atoms with E-state index in [1.54, 1.807) is 0 Å². The van der Waals surface area contributed by atoms with Crippen LogP contribution in [0.15, 0.2) is 54.6 Å². The molecule has 1 aliphatic heterocycles. The maximum atomic E-state index is 12.6. The van der Waals surface area contributed by atoms with Crippen molar-refractivity contribution in [1.82, 2.24) is 20.1 Å². The Morgan fingerprint density at radius 1 is 0.970 bits per heavy atom. The van der Waals surface area contributed by atoms with E-state index in [2.05, 4.69) is 20.5 Å². The summed E-state index contributed by atoms with van der Waals surface area (Å²) in [6, 6.07) is 17.6. The number of aryl methyl sites for hydroxylation is 2. The third-order valence-electron chi connectivity index (χ3n) is 6.01. The van der Waals surface area contributed by atoms with E-state index in [0.29, 0.717) is 13.0 Å². The number of pyridine rings is 1. The number of aromatic nitrogens is 1. The number of hydrogen-bond donors (Lipinski definition) is 2. The van der Waals surface area contributed by atoms with E-state index >= 15 is 0 Å². The van der Waals surface area contributed by atoms with Gasteiger partial charge in [0.1, 0.15) is 0 Å². The second-order valence-electron chi connectivity index (χ2n) is 8.59. The van der Waals surface area contributed by atoms with Crippen molar-refractivity contribution in [2.75, 3.05) is 44.6 Å². The molecule has 1 aliphatic rings. The maximum absolute atomic E-state index is 12.6. The molecular formula is C26H31N5O2. The molecule has 0 radical (unpaired) electrons. The van der Waals surface area contributed by atoms with Crippen LogP contribution in [-0.4, -0.2) is 66.0 Å². The molecule has 2 heterocycles. The minimum absolute atomic E-state index is 0.177. The number of rotatable bonds is 6. The second-order valence-corrected chi connectivity index (χ2v) is 8.59. The SMILES string of the molecule is Cc1ccc(CC(=O)N2CCN(CCNC(=O)Nc3cc(C)nc4ccccc34)CC2)cc1. The highest BCUT2D eigenvalue weighted by Crippen LogP contribution is 2.22. The molecular weight excluding hydrogens is 414 g/mol. The van der Waals surface area contributed by atoms with Crippen LogP contribution in [0.25, 0.3) is 10.9 Å². The Kier molecular flexibility index (Phi) is 7.19. The number of amides is 3. The first-order chi connectivity index (χ1) is 16.0. The van der Waals surface area contributed by atoms with Gasteiger partial charge >= 0.3 is 6.03 Å². The van der Waals surface area contributed by atoms with Gasteiger partial charge < -0.3 is 15.5 Å². The summed E-state index contributed by atoms with van der Waals surface area (Å²) in [7, 11) is 0. The fraction of sp³-hybridized carbons (Fsp3) is 0.346. The van der Waals surface area contributed by atoms with Crippen molar-refractivity contribution < 1.29 is 9.59 Å². The van der Waals surface area contributed by atoms with Gasteiger partial charge in [-0.3, -0.25) is 14.7 Å². The largest absolute Gasteiger partial charge is 0.340 e. The molecule has 4 rings (SSSR count). The van der Waals surface area contributed by atoms with Gasteiger partial charge in [-0.05, 0) is 31.5 Å². The lowest BCUT2D eigenvalue weighted by molar-refractivity contribution is -0.132. The molecule has 33 heavy (non-hydrogen) atoms. The Hall–Kier alpha value is -3.45. The van der Waals surface area contributed by atoms with Crippen molar-refractivity contribution in [2.45, 2.75) is 20.3 Å². The first kappa shape index (κ1) is 22.7. The van der Waals surface area contributed by atoms with Crippen LogP contribution in [0.5, 0.6) is 0 Å². The van der Waals surface area contributed by atoms with E-state index in [9.17, 15) is 9.59 Å². The van der Waals surface area contributed by atoms with Crippen LogP contribution in [0.1, 0.15) is 16.8 Å². The zero-order valence-electron chi connectivity index (χ0n) is 19.3. The number of hydrogen-bond acceptors (Lipinski definition) is 4. The van der Waals surface area contributed by atoms with Gasteiger partial charge in [0.25, 0.3) is 0 Å². The minimum atomic E-state index is -0.224. The van der Waals surface area contributed by atoms with Gasteiger partial charge in [0, 0.05) is 50.3 Å². The molecule has 172 valence electrons. The van der Waals surface area contributed by atoms with E-state index in [4.69, 9.17) is 0 Å². The molecule has 0 aliphatic carbocycles. The van der Waals surface area contributed by atoms with Crippen LogP contribution in [0, 0.1) is 13.8 Å². The van der Waals surface area contributed by atoms with Crippen LogP contribution in [0.3, 0.4) is 0 Å². The van der Waals surface area contributed by atoms with Gasteiger partial charge in [0.05, 0.1) is 17.6 Å². The molecule has 3 aromatic rings. The molecule has 0 atom stereocenters. The summed E-state index contributed by atoms with van der Waals surface area (Å²) in [4.78, 5) is 33.7. The van der Waals surface area contributed by atoms with E-state index in [1.807, 2.05) is 73.3 Å². The van der Waals surface area contributed by atoms with Gasteiger partial charge in [-0.2, -0.15) is 0 Å². The molecule has 1 aromatic heterocycles. The first-order valence-electron chi connectivity index (χ1n) is 11.4. The van der Waals surface area contributed by atoms with Crippen molar-refractivity contribution in [3.05, 3.63) is 71.4 Å². The summed E-state index contributed by atoms with van der Waals surface area (Å²) in [5.41, 5.74) is 4.74. The number of anilines is 1. The number of para-hydroxylation sites is 1. The molecule has 2 N–H and O–H groups in total. The lowest BCUT2D eigenvalue weighted by atomic mass is 10.1. The van der Waals surface area contributed by atoms with Crippen molar-refractivity contribution in [3.63, 3.8) is 0 Å². The number of nitrogens with one attached hydrogen (secondary N) is 2. The van der Waals surface area contributed by atoms with Crippen LogP contribution in [-0.2, 0) is 11.2 Å². The monoisotopic (exact) mass is 445 g/mol. The average Bonchev–Trinajstić information content (AvgIpc) is 2.81. The van der Waals surface area contributed by atoms with Crippen molar-refractivity contribution >= 4 is 28.5 Å². The molecule has 0 saturated carbocycles. The van der Waals surface area contributed by atoms with Crippen LogP contribution in [0.2, 0.25) is 0 Å². The topological polar surface area (TPSA) is 77.6 Å². The summed E-state index contributed by atoms with van der Waals surface area (Å²) in [5.74, 6) is 0.177. The fourth-order valence-electron chi connectivity index (χ4n) is 4.12. The summed E-state index contributed by atoms with van der Waals surface area (Å²) >= 11 is 0. The van der Waals surface area contributed by atoms with Crippen LogP contribution >= 0.6 is 0 Å². The highest BCUT2D eigenvalue weighted by atomic mass is 16.2. The molecule has 0 bridgehead atoms. The Morgan fingerprint density at radius 3 is 2.45 bits per heavy atom. The number of urea groups is 1. The van der Waals surface area contributed by atoms with Gasteiger partial charge in [-0.15, -0.1) is 0 Å². The molecule has 3 amide bonds. The predicted octanol–water partition coefficient (Wildman–Crippen LogP) is 3.36. The third-order valence-corrected chi connectivity index (χ3v) is 6.01. The van der Waals surface area contributed by atoms with Crippen molar-refractivity contribution in [3.8, 4) is 0 Å². The molecule has 7 nitrogen and oxygen atoms in total. The maximum Gasteiger partial charge on any atom is 0.319 e. The minimum Gasteiger partial charge on any atom is -0.340 e. The van der Waals surface area contributed by atoms with Gasteiger partial charge in [0.15, 0.2) is 0 Å². The van der Waals surface area contributed by atoms with E-state index < -0.39 is 0 Å². The Bertz CT molecular complexity index is 1120. The zero-order chi connectivity index (χ0) is 23.2. The normalized spacial score (nSPS) is 14.3. The Morgan fingerprint density at radius 2 is 1.70 bits per heavy atom.